The molecule has 8 heteroatoms. The molecule has 37 heavy (non-hydrogen) atoms. The minimum atomic E-state index is -0.754. The van der Waals surface area contributed by atoms with Gasteiger partial charge in [-0.15, -0.1) is 9.24 Å². The van der Waals surface area contributed by atoms with Crippen LogP contribution in [0, 0.1) is 18.7 Å². The summed E-state index contributed by atoms with van der Waals surface area (Å²) in [6.45, 7) is 7.99. The number of halogens is 1. The molecule has 0 spiro atoms. The quantitative estimate of drug-likeness (QED) is 0.196. The number of allylic oxidation sites excluding steroid dienone is 1. The third-order valence-electron chi connectivity index (χ3n) is 6.98. The molecular weight excluding hydrogens is 490 g/mol. The van der Waals surface area contributed by atoms with Crippen LogP contribution in [0.25, 0.3) is 0 Å². The molecular formula is C29H50FN2O4P. The molecule has 3 rings (SSSR count). The second-order valence-electron chi connectivity index (χ2n) is 10.2. The summed E-state index contributed by atoms with van der Waals surface area (Å²) in [6, 6.07) is 2.80. The van der Waals surface area contributed by atoms with Gasteiger partial charge in [-0.25, -0.2) is 4.39 Å². The molecule has 1 fully saturated rings. The van der Waals surface area contributed by atoms with Crippen molar-refractivity contribution in [3.8, 4) is 5.75 Å². The van der Waals surface area contributed by atoms with Gasteiger partial charge in [-0.2, -0.15) is 0 Å². The molecule has 0 saturated heterocycles. The lowest BCUT2D eigenvalue weighted by molar-refractivity contribution is -0.140. The zero-order chi connectivity index (χ0) is 28.0. The fourth-order valence-electron chi connectivity index (χ4n) is 4.95. The van der Waals surface area contributed by atoms with E-state index in [1.165, 1.54) is 50.2 Å². The molecule has 0 aromatic heterocycles. The number of rotatable bonds is 10. The van der Waals surface area contributed by atoms with Crippen LogP contribution < -0.4 is 15.4 Å². The molecule has 6 nitrogen and oxygen atoms in total. The number of carboxylic acids is 1. The highest BCUT2D eigenvalue weighted by Crippen LogP contribution is 2.32. The van der Waals surface area contributed by atoms with Gasteiger partial charge in [0.15, 0.2) is 0 Å². The monoisotopic (exact) mass is 540 g/mol. The molecule has 1 aromatic carbocycles. The molecule has 3 unspecified atom stereocenters. The zero-order valence-corrected chi connectivity index (χ0v) is 24.9. The normalized spacial score (nSPS) is 17.4. The van der Waals surface area contributed by atoms with Gasteiger partial charge in [0.05, 0.1) is 11.8 Å². The van der Waals surface area contributed by atoms with Gasteiger partial charge in [-0.05, 0) is 82.3 Å². The molecule has 3 atom stereocenters. The van der Waals surface area contributed by atoms with Gasteiger partial charge >= 0.3 is 5.97 Å². The molecule has 212 valence electrons. The first-order valence-electron chi connectivity index (χ1n) is 13.7. The van der Waals surface area contributed by atoms with E-state index < -0.39 is 12.0 Å². The summed E-state index contributed by atoms with van der Waals surface area (Å²) in [4.78, 5) is 11.3. The second-order valence-corrected chi connectivity index (χ2v) is 10.8. The summed E-state index contributed by atoms with van der Waals surface area (Å²) < 4.78 is 19.3. The van der Waals surface area contributed by atoms with Gasteiger partial charge in [0.1, 0.15) is 17.6 Å². The molecule has 0 aliphatic heterocycles. The fraction of sp³-hybridized carbons (Fsp3) is 0.690. The van der Waals surface area contributed by atoms with Crippen molar-refractivity contribution in [2.75, 3.05) is 19.5 Å². The van der Waals surface area contributed by atoms with Gasteiger partial charge in [-0.1, -0.05) is 38.3 Å². The Morgan fingerprint density at radius 2 is 1.78 bits per heavy atom. The van der Waals surface area contributed by atoms with E-state index in [-0.39, 0.29) is 17.5 Å². The highest BCUT2D eigenvalue weighted by Gasteiger charge is 2.26. The lowest BCUT2D eigenvalue weighted by atomic mass is 9.88. The first-order chi connectivity index (χ1) is 17.7. The number of aryl methyl sites for hydroxylation is 1. The number of aliphatic carboxylic acids is 1. The Bertz CT molecular complexity index is 857. The lowest BCUT2D eigenvalue weighted by Gasteiger charge is -2.29. The Morgan fingerprint density at radius 1 is 1.16 bits per heavy atom. The Hall–Kier alpha value is -1.69. The predicted octanol–water partition coefficient (Wildman–Crippen LogP) is 6.66. The van der Waals surface area contributed by atoms with Crippen LogP contribution in [0.1, 0.15) is 90.5 Å². The number of hydrogen-bond acceptors (Lipinski definition) is 5. The topological polar surface area (TPSA) is 90.8 Å². The summed E-state index contributed by atoms with van der Waals surface area (Å²) in [5.41, 5.74) is 4.35. The molecule has 2 aliphatic rings. The number of hydrogen-bond donors (Lipinski definition) is 4. The van der Waals surface area contributed by atoms with E-state index in [9.17, 15) is 14.3 Å². The van der Waals surface area contributed by atoms with E-state index in [4.69, 9.17) is 9.84 Å². The molecule has 1 aromatic rings. The van der Waals surface area contributed by atoms with E-state index in [1.807, 2.05) is 20.8 Å². The molecule has 0 bridgehead atoms. The SMILES string of the molecule is CCCC1=C(C(P)NC(C(=O)O)C(C)C)CCCC1.CNc1cc(OC2CCCC2)c(C)cc1F.CO. The van der Waals surface area contributed by atoms with Crippen LogP contribution in [0.4, 0.5) is 10.1 Å². The van der Waals surface area contributed by atoms with Crippen LogP contribution in [-0.4, -0.2) is 48.3 Å². The Labute approximate surface area is 226 Å². The van der Waals surface area contributed by atoms with E-state index in [2.05, 4.69) is 26.8 Å². The third kappa shape index (κ3) is 10.9. The van der Waals surface area contributed by atoms with E-state index >= 15 is 0 Å². The van der Waals surface area contributed by atoms with Crippen molar-refractivity contribution < 1.29 is 24.1 Å². The van der Waals surface area contributed by atoms with Crippen LogP contribution in [0.5, 0.6) is 5.75 Å². The Balaban J connectivity index is 0.000000350. The van der Waals surface area contributed by atoms with Crippen molar-refractivity contribution in [2.45, 2.75) is 110 Å². The summed E-state index contributed by atoms with van der Waals surface area (Å²) in [5.74, 6) is 0.0250. The van der Waals surface area contributed by atoms with Crippen LogP contribution in [0.2, 0.25) is 0 Å². The lowest BCUT2D eigenvalue weighted by Crippen LogP contribution is -2.45. The first-order valence-corrected chi connectivity index (χ1v) is 14.4. The number of carboxylic acid groups (broad SMARTS) is 1. The maximum atomic E-state index is 13.4. The highest BCUT2D eigenvalue weighted by atomic mass is 31.0. The van der Waals surface area contributed by atoms with Crippen molar-refractivity contribution >= 4 is 20.9 Å². The molecule has 0 amide bonds. The number of nitrogens with one attached hydrogen (secondary N) is 2. The molecule has 4 N–H and O–H groups in total. The second kappa shape index (κ2) is 17.8. The van der Waals surface area contributed by atoms with E-state index in [1.54, 1.807) is 18.7 Å². The number of aliphatic hydroxyl groups is 1. The van der Waals surface area contributed by atoms with Gasteiger partial charge < -0.3 is 20.3 Å². The van der Waals surface area contributed by atoms with Crippen LogP contribution >= 0.6 is 9.24 Å². The number of aliphatic hydroxyl groups excluding tert-OH is 1. The number of carbonyl (C=O) groups is 1. The van der Waals surface area contributed by atoms with Gasteiger partial charge in [-0.3, -0.25) is 10.1 Å². The average Bonchev–Trinajstić information content (AvgIpc) is 3.39. The number of ether oxygens (including phenoxy) is 1. The van der Waals surface area contributed by atoms with Crippen LogP contribution in [0.15, 0.2) is 23.3 Å². The summed E-state index contributed by atoms with van der Waals surface area (Å²) in [5, 5.41) is 22.4. The third-order valence-corrected chi connectivity index (χ3v) is 7.57. The van der Waals surface area contributed by atoms with Gasteiger partial charge in [0.25, 0.3) is 0 Å². The molecule has 1 saturated carbocycles. The molecule has 0 radical (unpaired) electrons. The fourth-order valence-corrected chi connectivity index (χ4v) is 5.56. The van der Waals surface area contributed by atoms with Crippen molar-refractivity contribution in [3.05, 3.63) is 34.7 Å². The van der Waals surface area contributed by atoms with E-state index in [0.29, 0.717) is 11.8 Å². The maximum absolute atomic E-state index is 13.4. The zero-order valence-electron chi connectivity index (χ0n) is 23.7. The van der Waals surface area contributed by atoms with Crippen LogP contribution in [0.3, 0.4) is 0 Å². The largest absolute Gasteiger partial charge is 0.490 e. The highest BCUT2D eigenvalue weighted by molar-refractivity contribution is 7.18. The van der Waals surface area contributed by atoms with Crippen LogP contribution in [-0.2, 0) is 4.79 Å². The first kappa shape index (κ1) is 33.3. The molecule has 0 heterocycles. The van der Waals surface area contributed by atoms with E-state index in [0.717, 1.165) is 44.1 Å². The number of benzene rings is 1. The van der Waals surface area contributed by atoms with Crippen molar-refractivity contribution in [3.63, 3.8) is 0 Å². The maximum Gasteiger partial charge on any atom is 0.320 e. The van der Waals surface area contributed by atoms with Crippen molar-refractivity contribution in [1.82, 2.24) is 5.32 Å². The minimum absolute atomic E-state index is 0.0966. The summed E-state index contributed by atoms with van der Waals surface area (Å²) in [7, 11) is 5.52. The standard InChI is InChI=1S/C15H28NO2P.C13H18FNO.CH4O/c1-4-7-11-8-5-6-9-12(11)14(19)16-13(10(2)3)15(17)18;1-9-7-11(14)12(15-2)8-13(9)16-10-5-3-4-6-10;1-2/h10,13-14,16H,4-9,19H2,1-3H3,(H,17,18);7-8,10,15H,3-6H2,1-2H3;2H,1H3. The molecule has 2 aliphatic carbocycles. The Morgan fingerprint density at radius 3 is 2.32 bits per heavy atom. The Kier molecular flexibility index (Phi) is 16.0. The summed E-state index contributed by atoms with van der Waals surface area (Å²) >= 11 is 0. The number of anilines is 1. The van der Waals surface area contributed by atoms with Gasteiger partial charge in [0.2, 0.25) is 0 Å². The predicted molar refractivity (Wildman–Crippen MR) is 155 cm³/mol. The summed E-state index contributed by atoms with van der Waals surface area (Å²) in [6.07, 6.45) is 12.2. The van der Waals surface area contributed by atoms with Gasteiger partial charge in [0, 0.05) is 26.0 Å². The van der Waals surface area contributed by atoms with Crippen molar-refractivity contribution in [2.24, 2.45) is 5.92 Å². The average molecular weight is 541 g/mol. The minimum Gasteiger partial charge on any atom is -0.490 e. The smallest absolute Gasteiger partial charge is 0.320 e. The van der Waals surface area contributed by atoms with Crippen molar-refractivity contribution in [1.29, 1.82) is 0 Å².